The SMILES string of the molecule is Nc1cnc(Cl)nc1Oc1ccc(F)c(F)c1. The van der Waals surface area contributed by atoms with Crippen LogP contribution in [0.25, 0.3) is 0 Å². The first-order valence-electron chi connectivity index (χ1n) is 4.47. The number of halogens is 3. The fraction of sp³-hybridized carbons (Fsp3) is 0. The molecule has 0 amide bonds. The van der Waals surface area contributed by atoms with Gasteiger partial charge in [0.05, 0.1) is 6.20 Å². The van der Waals surface area contributed by atoms with Gasteiger partial charge in [0.1, 0.15) is 11.4 Å². The Morgan fingerprint density at radius 1 is 1.24 bits per heavy atom. The third kappa shape index (κ3) is 2.59. The van der Waals surface area contributed by atoms with E-state index in [9.17, 15) is 8.78 Å². The first-order valence-corrected chi connectivity index (χ1v) is 4.85. The molecule has 2 aromatic rings. The van der Waals surface area contributed by atoms with E-state index in [0.29, 0.717) is 0 Å². The second kappa shape index (κ2) is 4.50. The van der Waals surface area contributed by atoms with Crippen LogP contribution in [0, 0.1) is 11.6 Å². The Morgan fingerprint density at radius 2 is 2.00 bits per heavy atom. The lowest BCUT2D eigenvalue weighted by molar-refractivity contribution is 0.449. The molecule has 17 heavy (non-hydrogen) atoms. The van der Waals surface area contributed by atoms with Crippen molar-refractivity contribution in [1.82, 2.24) is 9.97 Å². The van der Waals surface area contributed by atoms with E-state index in [2.05, 4.69) is 9.97 Å². The number of nitrogens with two attached hydrogens (primary N) is 1. The van der Waals surface area contributed by atoms with Crippen LogP contribution >= 0.6 is 11.6 Å². The summed E-state index contributed by atoms with van der Waals surface area (Å²) in [6, 6.07) is 3.06. The van der Waals surface area contributed by atoms with Gasteiger partial charge in [-0.1, -0.05) is 0 Å². The fourth-order valence-corrected chi connectivity index (χ4v) is 1.21. The highest BCUT2D eigenvalue weighted by Gasteiger charge is 2.08. The minimum absolute atomic E-state index is 0.0176. The standard InChI is InChI=1S/C10H6ClF2N3O/c11-10-15-4-8(14)9(16-10)17-5-1-2-6(12)7(13)3-5/h1-4H,14H2. The maximum atomic E-state index is 12.9. The van der Waals surface area contributed by atoms with E-state index in [4.69, 9.17) is 22.1 Å². The summed E-state index contributed by atoms with van der Waals surface area (Å²) in [5.41, 5.74) is 5.67. The minimum Gasteiger partial charge on any atom is -0.437 e. The van der Waals surface area contributed by atoms with E-state index in [1.165, 1.54) is 12.3 Å². The number of nitrogens with zero attached hydrogens (tertiary/aromatic N) is 2. The monoisotopic (exact) mass is 257 g/mol. The first-order chi connectivity index (χ1) is 8.06. The molecule has 1 aromatic heterocycles. The second-order valence-electron chi connectivity index (χ2n) is 3.08. The highest BCUT2D eigenvalue weighted by Crippen LogP contribution is 2.26. The lowest BCUT2D eigenvalue weighted by Crippen LogP contribution is -1.97. The zero-order valence-corrected chi connectivity index (χ0v) is 9.08. The van der Waals surface area contributed by atoms with E-state index >= 15 is 0 Å². The summed E-state index contributed by atoms with van der Waals surface area (Å²) in [4.78, 5) is 7.34. The molecule has 0 aliphatic carbocycles. The molecule has 0 atom stereocenters. The maximum Gasteiger partial charge on any atom is 0.247 e. The molecule has 0 saturated heterocycles. The van der Waals surface area contributed by atoms with Gasteiger partial charge in [0.15, 0.2) is 11.6 Å². The Hall–Kier alpha value is -1.95. The van der Waals surface area contributed by atoms with Gasteiger partial charge in [-0.15, -0.1) is 0 Å². The molecule has 2 N–H and O–H groups in total. The van der Waals surface area contributed by atoms with Gasteiger partial charge >= 0.3 is 0 Å². The Labute approximate surface area is 100 Å². The van der Waals surface area contributed by atoms with Crippen molar-refractivity contribution in [3.8, 4) is 11.6 Å². The molecule has 0 spiro atoms. The molecule has 0 radical (unpaired) electrons. The number of nitrogen functional groups attached to an aromatic ring is 1. The summed E-state index contributed by atoms with van der Waals surface area (Å²) in [5, 5.41) is -0.0585. The van der Waals surface area contributed by atoms with Gasteiger partial charge in [-0.2, -0.15) is 4.98 Å². The predicted octanol–water partition coefficient (Wildman–Crippen LogP) is 2.78. The summed E-state index contributed by atoms with van der Waals surface area (Å²) in [5.74, 6) is -1.95. The number of anilines is 1. The van der Waals surface area contributed by atoms with Crippen LogP contribution in [0.3, 0.4) is 0 Å². The largest absolute Gasteiger partial charge is 0.437 e. The van der Waals surface area contributed by atoms with Crippen molar-refractivity contribution in [1.29, 1.82) is 0 Å². The molecule has 0 aliphatic rings. The smallest absolute Gasteiger partial charge is 0.247 e. The number of rotatable bonds is 2. The van der Waals surface area contributed by atoms with Crippen LogP contribution in [-0.4, -0.2) is 9.97 Å². The first kappa shape index (κ1) is 11.5. The second-order valence-corrected chi connectivity index (χ2v) is 3.42. The Balaban J connectivity index is 2.31. The van der Waals surface area contributed by atoms with Crippen molar-refractivity contribution in [3.63, 3.8) is 0 Å². The molecule has 7 heteroatoms. The van der Waals surface area contributed by atoms with Crippen molar-refractivity contribution in [2.75, 3.05) is 5.73 Å². The zero-order valence-electron chi connectivity index (χ0n) is 8.32. The van der Waals surface area contributed by atoms with Crippen LogP contribution in [0.1, 0.15) is 0 Å². The molecule has 0 unspecified atom stereocenters. The average molecular weight is 258 g/mol. The summed E-state index contributed by atoms with van der Waals surface area (Å²) >= 11 is 5.55. The number of benzene rings is 1. The fourth-order valence-electron chi connectivity index (χ4n) is 1.09. The molecule has 0 fully saturated rings. The van der Waals surface area contributed by atoms with Crippen molar-refractivity contribution < 1.29 is 13.5 Å². The molecule has 2 rings (SSSR count). The molecule has 88 valence electrons. The van der Waals surface area contributed by atoms with Crippen LogP contribution in [0.15, 0.2) is 24.4 Å². The van der Waals surface area contributed by atoms with Crippen molar-refractivity contribution in [3.05, 3.63) is 41.3 Å². The van der Waals surface area contributed by atoms with Gasteiger partial charge in [-0.25, -0.2) is 13.8 Å². The van der Waals surface area contributed by atoms with E-state index in [1.807, 2.05) is 0 Å². The van der Waals surface area contributed by atoms with E-state index in [-0.39, 0.29) is 22.6 Å². The molecule has 0 aliphatic heterocycles. The highest BCUT2D eigenvalue weighted by molar-refractivity contribution is 6.28. The van der Waals surface area contributed by atoms with Crippen molar-refractivity contribution in [2.24, 2.45) is 0 Å². The third-order valence-electron chi connectivity index (χ3n) is 1.86. The van der Waals surface area contributed by atoms with E-state index < -0.39 is 11.6 Å². The normalized spacial score (nSPS) is 10.3. The Bertz CT molecular complexity index is 565. The van der Waals surface area contributed by atoms with Crippen molar-refractivity contribution >= 4 is 17.3 Å². The van der Waals surface area contributed by atoms with Crippen LogP contribution in [-0.2, 0) is 0 Å². The van der Waals surface area contributed by atoms with E-state index in [0.717, 1.165) is 12.1 Å². The van der Waals surface area contributed by atoms with Gasteiger partial charge in [-0.05, 0) is 23.7 Å². The van der Waals surface area contributed by atoms with Crippen LogP contribution < -0.4 is 10.5 Å². The van der Waals surface area contributed by atoms with Gasteiger partial charge in [0, 0.05) is 6.07 Å². The van der Waals surface area contributed by atoms with Crippen LogP contribution in [0.2, 0.25) is 5.28 Å². The molecule has 1 heterocycles. The maximum absolute atomic E-state index is 12.9. The average Bonchev–Trinajstić information content (AvgIpc) is 2.29. The summed E-state index contributed by atoms with van der Waals surface area (Å²) in [7, 11) is 0. The third-order valence-corrected chi connectivity index (χ3v) is 2.04. The summed E-state index contributed by atoms with van der Waals surface area (Å²) in [6.45, 7) is 0. The molecule has 0 saturated carbocycles. The lowest BCUT2D eigenvalue weighted by Gasteiger charge is -2.07. The summed E-state index contributed by atoms with van der Waals surface area (Å²) < 4.78 is 30.8. The molecule has 4 nitrogen and oxygen atoms in total. The Morgan fingerprint density at radius 3 is 2.71 bits per heavy atom. The van der Waals surface area contributed by atoms with Crippen LogP contribution in [0.4, 0.5) is 14.5 Å². The van der Waals surface area contributed by atoms with Gasteiger partial charge < -0.3 is 10.5 Å². The zero-order chi connectivity index (χ0) is 12.4. The number of hydrogen-bond acceptors (Lipinski definition) is 4. The number of hydrogen-bond donors (Lipinski definition) is 1. The lowest BCUT2D eigenvalue weighted by atomic mass is 10.3. The molecular weight excluding hydrogens is 252 g/mol. The number of aromatic nitrogens is 2. The number of ether oxygens (including phenoxy) is 1. The topological polar surface area (TPSA) is 61.0 Å². The quantitative estimate of drug-likeness (QED) is 0.841. The highest BCUT2D eigenvalue weighted by atomic mass is 35.5. The van der Waals surface area contributed by atoms with Gasteiger partial charge in [0.25, 0.3) is 0 Å². The van der Waals surface area contributed by atoms with Gasteiger partial charge in [0.2, 0.25) is 11.2 Å². The molecule has 0 bridgehead atoms. The predicted molar refractivity (Wildman–Crippen MR) is 57.9 cm³/mol. The minimum atomic E-state index is -1.03. The van der Waals surface area contributed by atoms with E-state index in [1.54, 1.807) is 0 Å². The van der Waals surface area contributed by atoms with Crippen LogP contribution in [0.5, 0.6) is 11.6 Å². The van der Waals surface area contributed by atoms with Gasteiger partial charge in [-0.3, -0.25) is 0 Å². The molecule has 1 aromatic carbocycles. The molecular formula is C10H6ClF2N3O. The summed E-state index contributed by atoms with van der Waals surface area (Å²) in [6.07, 6.45) is 1.25. The van der Waals surface area contributed by atoms with Crippen molar-refractivity contribution in [2.45, 2.75) is 0 Å². The Kier molecular flexibility index (Phi) is 3.06.